The molecular formula is C22H32N2O3S2. The topological polar surface area (TPSA) is 67.4 Å². The van der Waals surface area contributed by atoms with Gasteiger partial charge in [-0.05, 0) is 67.1 Å². The van der Waals surface area contributed by atoms with Gasteiger partial charge < -0.3 is 15.4 Å². The van der Waals surface area contributed by atoms with Crippen molar-refractivity contribution in [2.24, 2.45) is 17.3 Å². The highest BCUT2D eigenvalue weighted by Crippen LogP contribution is 2.44. The highest BCUT2D eigenvalue weighted by molar-refractivity contribution is 7.80. The maximum Gasteiger partial charge on any atom is 0.341 e. The smallest absolute Gasteiger partial charge is 0.341 e. The zero-order chi connectivity index (χ0) is 21.2. The summed E-state index contributed by atoms with van der Waals surface area (Å²) in [5.74, 6) is 0.638. The Morgan fingerprint density at radius 2 is 1.90 bits per heavy atom. The van der Waals surface area contributed by atoms with Crippen molar-refractivity contribution in [1.29, 1.82) is 0 Å². The number of thiophene rings is 1. The standard InChI is InChI=1S/C22H32N2O3S2/c1-22(2,3)14-9-10-15-16(12-14)29-19(18(15)20(26)27-4)24-21(28)23-17(25)11-13-7-5-6-8-13/h13-14H,5-12H2,1-4H3,(H2,23,24,25,28). The molecule has 1 heterocycles. The first kappa shape index (κ1) is 22.2. The van der Waals surface area contributed by atoms with Crippen LogP contribution in [0.3, 0.4) is 0 Å². The molecule has 3 rings (SSSR count). The number of hydrogen-bond donors (Lipinski definition) is 2. The summed E-state index contributed by atoms with van der Waals surface area (Å²) in [4.78, 5) is 26.0. The second kappa shape index (κ2) is 9.13. The van der Waals surface area contributed by atoms with E-state index in [-0.39, 0.29) is 22.4 Å². The van der Waals surface area contributed by atoms with E-state index in [0.717, 1.165) is 37.7 Å². The Balaban J connectivity index is 1.72. The molecule has 1 unspecified atom stereocenters. The molecule has 1 amide bonds. The first-order chi connectivity index (χ1) is 13.7. The van der Waals surface area contributed by atoms with E-state index in [1.165, 1.54) is 24.8 Å². The SMILES string of the molecule is COC(=O)c1c(NC(=S)NC(=O)CC2CCCC2)sc2c1CCC(C(C)(C)C)C2. The molecule has 1 atom stereocenters. The molecule has 1 aromatic heterocycles. The van der Waals surface area contributed by atoms with E-state index in [0.29, 0.717) is 28.8 Å². The van der Waals surface area contributed by atoms with Crippen molar-refractivity contribution >= 4 is 45.5 Å². The predicted octanol–water partition coefficient (Wildman–Crippen LogP) is 5.08. The van der Waals surface area contributed by atoms with Crippen LogP contribution in [0, 0.1) is 17.3 Å². The Bertz CT molecular complexity index is 789. The largest absolute Gasteiger partial charge is 0.465 e. The minimum Gasteiger partial charge on any atom is -0.465 e. The maximum atomic E-state index is 12.5. The number of anilines is 1. The van der Waals surface area contributed by atoms with Crippen LogP contribution in [-0.4, -0.2) is 24.1 Å². The van der Waals surface area contributed by atoms with Crippen LogP contribution >= 0.6 is 23.6 Å². The zero-order valence-electron chi connectivity index (χ0n) is 17.9. The molecule has 1 aromatic rings. The van der Waals surface area contributed by atoms with Gasteiger partial charge in [0.15, 0.2) is 5.11 Å². The fraction of sp³-hybridized carbons (Fsp3) is 0.682. The van der Waals surface area contributed by atoms with Gasteiger partial charge in [0, 0.05) is 11.3 Å². The van der Waals surface area contributed by atoms with Crippen LogP contribution in [0.4, 0.5) is 5.00 Å². The van der Waals surface area contributed by atoms with E-state index in [1.54, 1.807) is 11.3 Å². The van der Waals surface area contributed by atoms with Gasteiger partial charge in [-0.1, -0.05) is 33.6 Å². The summed E-state index contributed by atoms with van der Waals surface area (Å²) in [6, 6.07) is 0. The summed E-state index contributed by atoms with van der Waals surface area (Å²) in [5, 5.41) is 6.84. The molecule has 0 aliphatic heterocycles. The summed E-state index contributed by atoms with van der Waals surface area (Å²) in [7, 11) is 1.40. The number of carbonyl (C=O) groups excluding carboxylic acids is 2. The molecule has 1 saturated carbocycles. The summed E-state index contributed by atoms with van der Waals surface area (Å²) in [5.41, 5.74) is 1.88. The van der Waals surface area contributed by atoms with Crippen molar-refractivity contribution in [2.75, 3.05) is 12.4 Å². The molecule has 2 aliphatic rings. The van der Waals surface area contributed by atoms with Gasteiger partial charge in [0.1, 0.15) is 5.00 Å². The van der Waals surface area contributed by atoms with Gasteiger partial charge in [0.05, 0.1) is 12.7 Å². The van der Waals surface area contributed by atoms with Crippen LogP contribution < -0.4 is 10.6 Å². The number of carbonyl (C=O) groups is 2. The van der Waals surface area contributed by atoms with Gasteiger partial charge in [-0.15, -0.1) is 11.3 Å². The lowest BCUT2D eigenvalue weighted by Crippen LogP contribution is -2.35. The summed E-state index contributed by atoms with van der Waals surface area (Å²) < 4.78 is 5.04. The predicted molar refractivity (Wildman–Crippen MR) is 122 cm³/mol. The Kier molecular flexibility index (Phi) is 6.99. The van der Waals surface area contributed by atoms with Crippen LogP contribution in [0.25, 0.3) is 0 Å². The van der Waals surface area contributed by atoms with Crippen molar-refractivity contribution in [3.05, 3.63) is 16.0 Å². The van der Waals surface area contributed by atoms with Crippen LogP contribution in [0.2, 0.25) is 0 Å². The first-order valence-electron chi connectivity index (χ1n) is 10.5. The molecule has 2 aliphatic carbocycles. The second-order valence-electron chi connectivity index (χ2n) is 9.36. The fourth-order valence-electron chi connectivity index (χ4n) is 4.52. The number of nitrogens with one attached hydrogen (secondary N) is 2. The van der Waals surface area contributed by atoms with E-state index < -0.39 is 0 Å². The van der Waals surface area contributed by atoms with E-state index in [4.69, 9.17) is 17.0 Å². The number of ether oxygens (including phenoxy) is 1. The molecule has 2 N–H and O–H groups in total. The Morgan fingerprint density at radius 3 is 2.52 bits per heavy atom. The maximum absolute atomic E-state index is 12.5. The van der Waals surface area contributed by atoms with Gasteiger partial charge >= 0.3 is 5.97 Å². The third kappa shape index (κ3) is 5.37. The molecule has 29 heavy (non-hydrogen) atoms. The molecular weight excluding hydrogens is 404 g/mol. The Labute approximate surface area is 183 Å². The average Bonchev–Trinajstić information content (AvgIpc) is 3.26. The highest BCUT2D eigenvalue weighted by atomic mass is 32.1. The lowest BCUT2D eigenvalue weighted by Gasteiger charge is -2.33. The van der Waals surface area contributed by atoms with Crippen molar-refractivity contribution in [3.63, 3.8) is 0 Å². The highest BCUT2D eigenvalue weighted by Gasteiger charge is 2.34. The molecule has 0 bridgehead atoms. The van der Waals surface area contributed by atoms with Crippen LogP contribution in [0.1, 0.15) is 80.1 Å². The van der Waals surface area contributed by atoms with Crippen molar-refractivity contribution in [2.45, 2.75) is 72.1 Å². The average molecular weight is 437 g/mol. The molecule has 5 nitrogen and oxygen atoms in total. The van der Waals surface area contributed by atoms with Gasteiger partial charge in [-0.3, -0.25) is 4.79 Å². The number of esters is 1. The number of thiocarbonyl (C=S) groups is 1. The van der Waals surface area contributed by atoms with Gasteiger partial charge in [-0.25, -0.2) is 4.79 Å². The van der Waals surface area contributed by atoms with Crippen molar-refractivity contribution in [3.8, 4) is 0 Å². The Morgan fingerprint density at radius 1 is 1.21 bits per heavy atom. The van der Waals surface area contributed by atoms with Crippen molar-refractivity contribution < 1.29 is 14.3 Å². The number of methoxy groups -OCH3 is 1. The third-order valence-corrected chi connectivity index (χ3v) is 7.68. The molecule has 0 saturated heterocycles. The zero-order valence-corrected chi connectivity index (χ0v) is 19.5. The minimum absolute atomic E-state index is 0.0527. The van der Waals surface area contributed by atoms with Crippen LogP contribution in [0.15, 0.2) is 0 Å². The number of hydrogen-bond acceptors (Lipinski definition) is 5. The van der Waals surface area contributed by atoms with Crippen LogP contribution in [-0.2, 0) is 22.4 Å². The molecule has 160 valence electrons. The summed E-state index contributed by atoms with van der Waals surface area (Å²) in [6.45, 7) is 6.81. The number of amides is 1. The minimum atomic E-state index is -0.348. The third-order valence-electron chi connectivity index (χ3n) is 6.31. The molecule has 1 fully saturated rings. The molecule has 7 heteroatoms. The number of rotatable bonds is 4. The second-order valence-corrected chi connectivity index (χ2v) is 10.9. The van der Waals surface area contributed by atoms with E-state index in [2.05, 4.69) is 31.4 Å². The summed E-state index contributed by atoms with van der Waals surface area (Å²) in [6.07, 6.45) is 8.04. The first-order valence-corrected chi connectivity index (χ1v) is 11.7. The Hall–Kier alpha value is -1.47. The van der Waals surface area contributed by atoms with Gasteiger partial charge in [-0.2, -0.15) is 0 Å². The quantitative estimate of drug-likeness (QED) is 0.509. The van der Waals surface area contributed by atoms with Crippen LogP contribution in [0.5, 0.6) is 0 Å². The number of fused-ring (bicyclic) bond motifs is 1. The monoisotopic (exact) mass is 436 g/mol. The van der Waals surface area contributed by atoms with E-state index in [1.807, 2.05) is 0 Å². The van der Waals surface area contributed by atoms with Crippen molar-refractivity contribution in [1.82, 2.24) is 5.32 Å². The van der Waals surface area contributed by atoms with E-state index >= 15 is 0 Å². The van der Waals surface area contributed by atoms with Gasteiger partial charge in [0.25, 0.3) is 0 Å². The molecule has 0 radical (unpaired) electrons. The summed E-state index contributed by atoms with van der Waals surface area (Å²) >= 11 is 6.93. The van der Waals surface area contributed by atoms with Gasteiger partial charge in [0.2, 0.25) is 5.91 Å². The lowest BCUT2D eigenvalue weighted by atomic mass is 9.72. The fourth-order valence-corrected chi connectivity index (χ4v) is 6.12. The normalized spacial score (nSPS) is 19.5. The molecule has 0 spiro atoms. The lowest BCUT2D eigenvalue weighted by molar-refractivity contribution is -0.120. The molecule has 0 aromatic carbocycles. The van der Waals surface area contributed by atoms with E-state index in [9.17, 15) is 9.59 Å².